The molecule has 3 aromatic heterocycles. The summed E-state index contributed by atoms with van der Waals surface area (Å²) >= 11 is 5.16. The van der Waals surface area contributed by atoms with Gasteiger partial charge in [0.15, 0.2) is 6.29 Å². The fraction of sp³-hybridized carbons (Fsp3) is 0.0333. The van der Waals surface area contributed by atoms with Crippen molar-refractivity contribution in [1.82, 2.24) is 0 Å². The average Bonchev–Trinajstić information content (AvgIpc) is 3.55. The molecule has 0 aliphatic rings. The van der Waals surface area contributed by atoms with E-state index in [1.807, 2.05) is 6.07 Å². The van der Waals surface area contributed by atoms with E-state index < -0.39 is 0 Å². The van der Waals surface area contributed by atoms with Gasteiger partial charge in [-0.05, 0) is 40.5 Å². The number of benzene rings is 3. The van der Waals surface area contributed by atoms with Crippen LogP contribution in [0.3, 0.4) is 0 Å². The first-order valence-corrected chi connectivity index (χ1v) is 13.5. The van der Waals surface area contributed by atoms with Crippen LogP contribution in [0.15, 0.2) is 97.1 Å². The number of fused-ring (bicyclic) bond motifs is 3. The van der Waals surface area contributed by atoms with Crippen LogP contribution in [0.5, 0.6) is 0 Å². The van der Waals surface area contributed by atoms with Crippen molar-refractivity contribution in [3.8, 4) is 0 Å². The lowest BCUT2D eigenvalue weighted by atomic mass is 9.85. The van der Waals surface area contributed by atoms with Crippen molar-refractivity contribution in [2.45, 2.75) is 5.92 Å². The summed E-state index contributed by atoms with van der Waals surface area (Å²) in [4.78, 5) is 13.1. The van der Waals surface area contributed by atoms with Gasteiger partial charge < -0.3 is 0 Å². The molecule has 0 aliphatic carbocycles. The molecule has 3 aromatic carbocycles. The predicted octanol–water partition coefficient (Wildman–Crippen LogP) is 9.34. The molecule has 3 heterocycles. The van der Waals surface area contributed by atoms with Crippen LogP contribution < -0.4 is 0 Å². The van der Waals surface area contributed by atoms with Gasteiger partial charge in [-0.1, -0.05) is 91.0 Å². The van der Waals surface area contributed by atoms with Crippen LogP contribution >= 0.6 is 34.0 Å². The fourth-order valence-corrected chi connectivity index (χ4v) is 8.12. The molecule has 4 heteroatoms. The Kier molecular flexibility index (Phi) is 5.71. The van der Waals surface area contributed by atoms with E-state index in [1.165, 1.54) is 45.9 Å². The lowest BCUT2D eigenvalue weighted by molar-refractivity contribution is 0.112. The topological polar surface area (TPSA) is 17.1 Å². The lowest BCUT2D eigenvalue weighted by Gasteiger charge is -2.19. The van der Waals surface area contributed by atoms with Gasteiger partial charge in [0.05, 0.1) is 14.3 Å². The van der Waals surface area contributed by atoms with E-state index in [0.29, 0.717) is 0 Å². The Balaban J connectivity index is 1.28. The SMILES string of the molecule is O=Cc1cc2sc3cc(C=Cc4ccc(C(c5ccccc5)c5ccccc5)cc4)sc3c2s1. The van der Waals surface area contributed by atoms with E-state index in [1.54, 1.807) is 34.0 Å². The molecule has 0 fully saturated rings. The largest absolute Gasteiger partial charge is 0.297 e. The zero-order valence-electron chi connectivity index (χ0n) is 18.2. The smallest absolute Gasteiger partial charge is 0.160 e. The van der Waals surface area contributed by atoms with E-state index >= 15 is 0 Å². The second-order valence-corrected chi connectivity index (χ2v) is 11.4. The predicted molar refractivity (Wildman–Crippen MR) is 150 cm³/mol. The van der Waals surface area contributed by atoms with Crippen molar-refractivity contribution < 1.29 is 4.79 Å². The number of carbonyl (C=O) groups excluding carboxylic acids is 1. The van der Waals surface area contributed by atoms with Gasteiger partial charge >= 0.3 is 0 Å². The Bertz CT molecular complexity index is 1560. The van der Waals surface area contributed by atoms with Crippen molar-refractivity contribution in [3.63, 3.8) is 0 Å². The molecule has 0 radical (unpaired) electrons. The maximum absolute atomic E-state index is 11.1. The first kappa shape index (κ1) is 21.2. The summed E-state index contributed by atoms with van der Waals surface area (Å²) in [6.07, 6.45) is 5.32. The third-order valence-corrected chi connectivity index (χ3v) is 9.62. The monoisotopic (exact) mass is 492 g/mol. The zero-order valence-corrected chi connectivity index (χ0v) is 20.6. The average molecular weight is 493 g/mol. The van der Waals surface area contributed by atoms with Gasteiger partial charge in [0.1, 0.15) is 0 Å². The molecule has 6 aromatic rings. The Morgan fingerprint density at radius 1 is 0.559 bits per heavy atom. The van der Waals surface area contributed by atoms with Crippen molar-refractivity contribution in [2.75, 3.05) is 0 Å². The molecule has 0 spiro atoms. The van der Waals surface area contributed by atoms with E-state index in [0.717, 1.165) is 11.2 Å². The van der Waals surface area contributed by atoms with E-state index in [-0.39, 0.29) is 5.92 Å². The summed E-state index contributed by atoms with van der Waals surface area (Å²) in [7, 11) is 0. The van der Waals surface area contributed by atoms with Crippen LogP contribution in [0.1, 0.15) is 42.7 Å². The Morgan fingerprint density at radius 3 is 1.68 bits per heavy atom. The summed E-state index contributed by atoms with van der Waals surface area (Å²) in [6, 6.07) is 34.5. The molecule has 0 bridgehead atoms. The van der Waals surface area contributed by atoms with Crippen molar-refractivity contribution in [3.05, 3.63) is 129 Å². The van der Waals surface area contributed by atoms with Crippen molar-refractivity contribution >= 4 is 71.2 Å². The summed E-state index contributed by atoms with van der Waals surface area (Å²) in [5.41, 5.74) is 5.07. The molecule has 0 saturated heterocycles. The molecule has 0 N–H and O–H groups in total. The van der Waals surface area contributed by atoms with E-state index in [4.69, 9.17) is 0 Å². The minimum atomic E-state index is 0.217. The Morgan fingerprint density at radius 2 is 1.09 bits per heavy atom. The highest BCUT2D eigenvalue weighted by Crippen LogP contribution is 2.43. The molecule has 164 valence electrons. The summed E-state index contributed by atoms with van der Waals surface area (Å²) in [5.74, 6) is 0.217. The van der Waals surface area contributed by atoms with Crippen LogP contribution in [-0.2, 0) is 0 Å². The molecule has 6 rings (SSSR count). The van der Waals surface area contributed by atoms with Gasteiger partial charge in [0.2, 0.25) is 0 Å². The highest BCUT2D eigenvalue weighted by molar-refractivity contribution is 7.39. The maximum atomic E-state index is 11.1. The quantitative estimate of drug-likeness (QED) is 0.167. The van der Waals surface area contributed by atoms with Crippen LogP contribution in [-0.4, -0.2) is 6.29 Å². The second kappa shape index (κ2) is 9.15. The van der Waals surface area contributed by atoms with Gasteiger partial charge in [-0.25, -0.2) is 0 Å². The van der Waals surface area contributed by atoms with Gasteiger partial charge in [0, 0.05) is 20.2 Å². The first-order chi connectivity index (χ1) is 16.8. The van der Waals surface area contributed by atoms with Crippen LogP contribution in [0.4, 0.5) is 0 Å². The van der Waals surface area contributed by atoms with Crippen molar-refractivity contribution in [2.24, 2.45) is 0 Å². The fourth-order valence-electron chi connectivity index (χ4n) is 4.36. The number of aldehydes is 1. The number of rotatable bonds is 6. The Hall–Kier alpha value is -3.31. The van der Waals surface area contributed by atoms with Gasteiger partial charge in [-0.15, -0.1) is 34.0 Å². The van der Waals surface area contributed by atoms with Crippen molar-refractivity contribution in [1.29, 1.82) is 0 Å². The number of thiophene rings is 3. The maximum Gasteiger partial charge on any atom is 0.160 e. The normalized spacial score (nSPS) is 11.8. The molecule has 0 aliphatic heterocycles. The van der Waals surface area contributed by atoms with Crippen LogP contribution in [0.25, 0.3) is 31.0 Å². The molecule has 0 amide bonds. The summed E-state index contributed by atoms with van der Waals surface area (Å²) < 4.78 is 5.05. The molecule has 0 atom stereocenters. The highest BCUT2D eigenvalue weighted by atomic mass is 32.1. The van der Waals surface area contributed by atoms with Crippen LogP contribution in [0, 0.1) is 0 Å². The number of hydrogen-bond acceptors (Lipinski definition) is 4. The van der Waals surface area contributed by atoms with Crippen LogP contribution in [0.2, 0.25) is 0 Å². The zero-order chi connectivity index (χ0) is 22.9. The van der Waals surface area contributed by atoms with E-state index in [9.17, 15) is 4.79 Å². The third kappa shape index (κ3) is 4.05. The summed E-state index contributed by atoms with van der Waals surface area (Å²) in [5, 5.41) is 0. The first-order valence-electron chi connectivity index (χ1n) is 11.1. The van der Waals surface area contributed by atoms with E-state index in [2.05, 4.69) is 103 Å². The van der Waals surface area contributed by atoms with Gasteiger partial charge in [-0.2, -0.15) is 0 Å². The molecule has 0 unspecified atom stereocenters. The molecule has 34 heavy (non-hydrogen) atoms. The third-order valence-electron chi connectivity index (χ3n) is 5.95. The van der Waals surface area contributed by atoms with Gasteiger partial charge in [0.25, 0.3) is 0 Å². The lowest BCUT2D eigenvalue weighted by Crippen LogP contribution is -2.03. The number of carbonyl (C=O) groups is 1. The Labute approximate surface area is 210 Å². The van der Waals surface area contributed by atoms with Gasteiger partial charge in [-0.3, -0.25) is 4.79 Å². The minimum absolute atomic E-state index is 0.217. The molecule has 0 saturated carbocycles. The second-order valence-electron chi connectivity index (χ2n) is 8.16. The minimum Gasteiger partial charge on any atom is -0.297 e. The number of hydrogen-bond donors (Lipinski definition) is 0. The standard InChI is InChI=1S/C30H20OS3/c31-19-25-18-27-30(33-25)29-26(34-27)17-24(32-29)16-13-20-11-14-23(15-12-20)28(21-7-3-1-4-8-21)22-9-5-2-6-10-22/h1-19,28H. The highest BCUT2D eigenvalue weighted by Gasteiger charge is 2.16. The molecule has 1 nitrogen and oxygen atoms in total. The summed E-state index contributed by atoms with van der Waals surface area (Å²) in [6.45, 7) is 0. The molecular formula is C30H20OS3. The molecular weight excluding hydrogens is 473 g/mol.